The first-order chi connectivity index (χ1) is 9.27. The van der Waals surface area contributed by atoms with Gasteiger partial charge < -0.3 is 4.52 Å². The lowest BCUT2D eigenvalue weighted by Crippen LogP contribution is -2.29. The number of nitrogens with zero attached hydrogens (tertiary/aromatic N) is 3. The minimum atomic E-state index is -3.45. The lowest BCUT2D eigenvalue weighted by molar-refractivity contribution is 0.376. The van der Waals surface area contributed by atoms with Crippen molar-refractivity contribution in [2.75, 3.05) is 10.6 Å². The topological polar surface area (TPSA) is 76.3 Å². The van der Waals surface area contributed by atoms with Gasteiger partial charge in [-0.3, -0.25) is 4.31 Å². The van der Waals surface area contributed by atoms with Crippen molar-refractivity contribution in [2.24, 2.45) is 0 Å². The average Bonchev–Trinajstić information content (AvgIpc) is 2.74. The van der Waals surface area contributed by atoms with Gasteiger partial charge in [-0.05, 0) is 37.6 Å². The van der Waals surface area contributed by atoms with Crippen molar-refractivity contribution < 1.29 is 12.9 Å². The highest BCUT2D eigenvalue weighted by molar-refractivity contribution is 9.10. The summed E-state index contributed by atoms with van der Waals surface area (Å²) in [5.74, 6) is 0.730. The van der Waals surface area contributed by atoms with Gasteiger partial charge in [-0.25, -0.2) is 8.42 Å². The molecule has 2 aromatic rings. The van der Waals surface area contributed by atoms with Gasteiger partial charge in [0.05, 0.1) is 11.9 Å². The van der Waals surface area contributed by atoms with Crippen molar-refractivity contribution in [3.8, 4) is 0 Å². The third kappa shape index (κ3) is 3.37. The first-order valence-corrected chi connectivity index (χ1v) is 8.44. The van der Waals surface area contributed by atoms with Crippen LogP contribution in [-0.2, 0) is 16.6 Å². The standard InChI is InChI=1S/C12H14BrN3O3S/c1-8-6-10(4-5-11(8)13)16(20(3,17)18)7-12-14-9(2)15-19-12/h4-6H,7H2,1-3H3. The Morgan fingerprint density at radius 1 is 1.35 bits per heavy atom. The fourth-order valence-corrected chi connectivity index (χ4v) is 2.80. The zero-order valence-corrected chi connectivity index (χ0v) is 13.7. The maximum absolute atomic E-state index is 12.0. The van der Waals surface area contributed by atoms with E-state index >= 15 is 0 Å². The fraction of sp³-hybridized carbons (Fsp3) is 0.333. The Kier molecular flexibility index (Phi) is 4.14. The van der Waals surface area contributed by atoms with Crippen LogP contribution in [0.4, 0.5) is 5.69 Å². The molecule has 0 radical (unpaired) electrons. The molecule has 0 unspecified atom stereocenters. The van der Waals surface area contributed by atoms with Gasteiger partial charge in [0.1, 0.15) is 6.54 Å². The largest absolute Gasteiger partial charge is 0.337 e. The van der Waals surface area contributed by atoms with Crippen molar-refractivity contribution >= 4 is 31.6 Å². The second-order valence-electron chi connectivity index (χ2n) is 4.44. The molecule has 0 N–H and O–H groups in total. The molecule has 0 atom stereocenters. The molecular weight excluding hydrogens is 346 g/mol. The molecule has 0 amide bonds. The Hall–Kier alpha value is -1.41. The third-order valence-electron chi connectivity index (χ3n) is 2.68. The molecule has 6 nitrogen and oxygen atoms in total. The molecule has 1 aromatic carbocycles. The maximum atomic E-state index is 12.0. The van der Waals surface area contributed by atoms with Crippen LogP contribution >= 0.6 is 15.9 Å². The molecule has 108 valence electrons. The predicted molar refractivity (Wildman–Crippen MR) is 78.9 cm³/mol. The van der Waals surface area contributed by atoms with E-state index in [1.54, 1.807) is 19.1 Å². The van der Waals surface area contributed by atoms with E-state index in [-0.39, 0.29) is 12.4 Å². The first-order valence-electron chi connectivity index (χ1n) is 5.80. The second kappa shape index (κ2) is 5.53. The summed E-state index contributed by atoms with van der Waals surface area (Å²) in [6.45, 7) is 3.59. The molecule has 0 fully saturated rings. The SMILES string of the molecule is Cc1noc(CN(c2ccc(Br)c(C)c2)S(C)(=O)=O)n1. The van der Waals surface area contributed by atoms with Gasteiger partial charge >= 0.3 is 0 Å². The molecule has 0 aliphatic heterocycles. The number of anilines is 1. The van der Waals surface area contributed by atoms with E-state index in [1.165, 1.54) is 4.31 Å². The van der Waals surface area contributed by atoms with Gasteiger partial charge in [0.15, 0.2) is 5.82 Å². The number of aromatic nitrogens is 2. The summed E-state index contributed by atoms with van der Waals surface area (Å²) < 4.78 is 31.1. The number of hydrogen-bond donors (Lipinski definition) is 0. The van der Waals surface area contributed by atoms with E-state index in [0.717, 1.165) is 16.3 Å². The predicted octanol–water partition coefficient (Wildman–Crippen LogP) is 2.42. The van der Waals surface area contributed by atoms with Crippen molar-refractivity contribution in [1.82, 2.24) is 10.1 Å². The number of aryl methyl sites for hydroxylation is 2. The summed E-state index contributed by atoms with van der Waals surface area (Å²) in [5, 5.41) is 3.66. The lowest BCUT2D eigenvalue weighted by atomic mass is 10.2. The van der Waals surface area contributed by atoms with Crippen LogP contribution in [-0.4, -0.2) is 24.8 Å². The fourth-order valence-electron chi connectivity index (χ4n) is 1.71. The minimum Gasteiger partial charge on any atom is -0.337 e. The van der Waals surface area contributed by atoms with Crippen LogP contribution in [0, 0.1) is 13.8 Å². The number of hydrogen-bond acceptors (Lipinski definition) is 5. The van der Waals surface area contributed by atoms with Crippen molar-refractivity contribution in [3.05, 3.63) is 40.0 Å². The Bertz CT molecular complexity index is 727. The normalized spacial score (nSPS) is 11.6. The molecule has 20 heavy (non-hydrogen) atoms. The van der Waals surface area contributed by atoms with E-state index in [1.807, 2.05) is 13.0 Å². The molecule has 1 aromatic heterocycles. The summed E-state index contributed by atoms with van der Waals surface area (Å²) in [6, 6.07) is 5.32. The molecule has 8 heteroatoms. The van der Waals surface area contributed by atoms with Gasteiger partial charge in [-0.1, -0.05) is 21.1 Å². The van der Waals surface area contributed by atoms with E-state index in [0.29, 0.717) is 11.5 Å². The Balaban J connectivity index is 2.40. The summed E-state index contributed by atoms with van der Waals surface area (Å²) >= 11 is 3.39. The van der Waals surface area contributed by atoms with Crippen LogP contribution in [0.5, 0.6) is 0 Å². The van der Waals surface area contributed by atoms with Gasteiger partial charge in [-0.2, -0.15) is 4.98 Å². The minimum absolute atomic E-state index is 0.0146. The van der Waals surface area contributed by atoms with E-state index < -0.39 is 10.0 Å². The summed E-state index contributed by atoms with van der Waals surface area (Å²) in [4.78, 5) is 4.04. The number of benzene rings is 1. The monoisotopic (exact) mass is 359 g/mol. The molecule has 1 heterocycles. The Morgan fingerprint density at radius 3 is 2.55 bits per heavy atom. The maximum Gasteiger partial charge on any atom is 0.247 e. The summed E-state index contributed by atoms with van der Waals surface area (Å²) in [7, 11) is -3.45. The number of sulfonamides is 1. The van der Waals surface area contributed by atoms with Crippen molar-refractivity contribution in [3.63, 3.8) is 0 Å². The van der Waals surface area contributed by atoms with E-state index in [9.17, 15) is 8.42 Å². The number of halogens is 1. The molecule has 0 saturated carbocycles. The Morgan fingerprint density at radius 2 is 2.05 bits per heavy atom. The highest BCUT2D eigenvalue weighted by Crippen LogP contribution is 2.25. The van der Waals surface area contributed by atoms with Crippen LogP contribution in [0.2, 0.25) is 0 Å². The van der Waals surface area contributed by atoms with Crippen LogP contribution < -0.4 is 4.31 Å². The van der Waals surface area contributed by atoms with Crippen LogP contribution in [0.1, 0.15) is 17.3 Å². The van der Waals surface area contributed by atoms with Crippen molar-refractivity contribution in [1.29, 1.82) is 0 Å². The lowest BCUT2D eigenvalue weighted by Gasteiger charge is -2.21. The molecular formula is C12H14BrN3O3S. The van der Waals surface area contributed by atoms with E-state index in [4.69, 9.17) is 4.52 Å². The van der Waals surface area contributed by atoms with Crippen molar-refractivity contribution in [2.45, 2.75) is 20.4 Å². The third-order valence-corrected chi connectivity index (χ3v) is 4.71. The zero-order chi connectivity index (χ0) is 14.9. The van der Waals surface area contributed by atoms with Gasteiger partial charge in [-0.15, -0.1) is 0 Å². The van der Waals surface area contributed by atoms with Crippen LogP contribution in [0.15, 0.2) is 27.2 Å². The molecule has 0 aliphatic rings. The summed E-state index contributed by atoms with van der Waals surface area (Å²) in [5.41, 5.74) is 1.50. The molecule has 0 aliphatic carbocycles. The first kappa shape index (κ1) is 15.0. The quantitative estimate of drug-likeness (QED) is 0.837. The summed E-state index contributed by atoms with van der Waals surface area (Å²) in [6.07, 6.45) is 1.15. The zero-order valence-electron chi connectivity index (χ0n) is 11.3. The van der Waals surface area contributed by atoms with Crippen LogP contribution in [0.25, 0.3) is 0 Å². The van der Waals surface area contributed by atoms with Gasteiger partial charge in [0, 0.05) is 4.47 Å². The molecule has 2 rings (SSSR count). The smallest absolute Gasteiger partial charge is 0.247 e. The van der Waals surface area contributed by atoms with Gasteiger partial charge in [0.2, 0.25) is 15.9 Å². The van der Waals surface area contributed by atoms with Gasteiger partial charge in [0.25, 0.3) is 0 Å². The Labute approximate surface area is 126 Å². The molecule has 0 saturated heterocycles. The highest BCUT2D eigenvalue weighted by atomic mass is 79.9. The van der Waals surface area contributed by atoms with E-state index in [2.05, 4.69) is 26.1 Å². The molecule has 0 spiro atoms. The van der Waals surface area contributed by atoms with Crippen LogP contribution in [0.3, 0.4) is 0 Å². The second-order valence-corrected chi connectivity index (χ2v) is 7.20. The average molecular weight is 360 g/mol. The number of rotatable bonds is 4. The highest BCUT2D eigenvalue weighted by Gasteiger charge is 2.21. The molecule has 0 bridgehead atoms.